The summed E-state index contributed by atoms with van der Waals surface area (Å²) in [6.45, 7) is 1.36. The van der Waals surface area contributed by atoms with Crippen molar-refractivity contribution in [1.82, 2.24) is 10.2 Å². The van der Waals surface area contributed by atoms with Gasteiger partial charge in [0.05, 0.1) is 42.9 Å². The Balaban J connectivity index is 1.42. The predicted molar refractivity (Wildman–Crippen MR) is 222 cm³/mol. The normalized spacial score (nSPS) is 23.5. The minimum absolute atomic E-state index is 0.0181. The fourth-order valence-corrected chi connectivity index (χ4v) is 9.25. The predicted octanol–water partition coefficient (Wildman–Crippen LogP) is 5.41. The molecule has 0 aliphatic carbocycles. The summed E-state index contributed by atoms with van der Waals surface area (Å²) in [5.74, 6) is 2.31. The van der Waals surface area contributed by atoms with E-state index >= 15 is 4.79 Å². The van der Waals surface area contributed by atoms with Crippen molar-refractivity contribution in [3.05, 3.63) is 167 Å². The number of cyclic esters (lactones) is 1. The number of carbonyl (C=O) groups excluding carboxylic acids is 4. The van der Waals surface area contributed by atoms with E-state index in [1.165, 1.54) is 0 Å². The van der Waals surface area contributed by atoms with Crippen LogP contribution in [-0.4, -0.2) is 64.8 Å². The number of esters is 1. The third kappa shape index (κ3) is 6.86. The lowest BCUT2D eigenvalue weighted by atomic mass is 9.65. The van der Waals surface area contributed by atoms with Crippen molar-refractivity contribution in [2.45, 2.75) is 49.0 Å². The zero-order valence-corrected chi connectivity index (χ0v) is 32.8. The van der Waals surface area contributed by atoms with Gasteiger partial charge >= 0.3 is 12.0 Å². The van der Waals surface area contributed by atoms with E-state index < -0.39 is 65.4 Å². The highest BCUT2D eigenvalue weighted by molar-refractivity contribution is 6.24. The number of aliphatic hydroxyl groups is 2. The van der Waals surface area contributed by atoms with Crippen molar-refractivity contribution >= 4 is 29.5 Å². The Hall–Kier alpha value is -6.78. The first-order chi connectivity index (χ1) is 29.2. The molecule has 60 heavy (non-hydrogen) atoms. The lowest BCUT2D eigenvalue weighted by molar-refractivity contribution is -0.178. The number of primary amides is 1. The molecule has 5 aromatic rings. The number of fused-ring (bicyclic) bond motifs is 3. The molecule has 0 saturated carbocycles. The van der Waals surface area contributed by atoms with Crippen molar-refractivity contribution in [3.8, 4) is 17.6 Å². The molecule has 1 spiro atoms. The van der Waals surface area contributed by atoms with Crippen LogP contribution >= 0.6 is 0 Å². The number of anilines is 1. The van der Waals surface area contributed by atoms with Gasteiger partial charge < -0.3 is 30.7 Å². The molecule has 8 rings (SSSR count). The number of aliphatic hydroxyl groups excluding tert-OH is 2. The number of hydrogen-bond donors (Lipinski definition) is 4. The maximum Gasteiger partial charge on any atom is 0.329 e. The van der Waals surface area contributed by atoms with Gasteiger partial charge in [0.2, 0.25) is 11.8 Å². The van der Waals surface area contributed by atoms with E-state index in [9.17, 15) is 24.6 Å². The molecule has 3 heterocycles. The molecule has 5 N–H and O–H groups in total. The zero-order chi connectivity index (χ0) is 42.0. The lowest BCUT2D eigenvalue weighted by Gasteiger charge is -2.46. The van der Waals surface area contributed by atoms with Crippen LogP contribution in [0.4, 0.5) is 10.5 Å². The molecule has 12 nitrogen and oxygen atoms in total. The number of hydrogen-bond acceptors (Lipinski definition) is 9. The van der Waals surface area contributed by atoms with Crippen molar-refractivity contribution < 1.29 is 38.9 Å². The molecule has 4 amide bonds. The highest BCUT2D eigenvalue weighted by atomic mass is 16.6. The summed E-state index contributed by atoms with van der Waals surface area (Å²) >= 11 is 0. The van der Waals surface area contributed by atoms with E-state index in [0.29, 0.717) is 22.4 Å². The smallest absolute Gasteiger partial charge is 0.329 e. The first kappa shape index (κ1) is 40.0. The number of benzene rings is 5. The number of nitrogens with two attached hydrogens (primary N) is 1. The molecule has 0 bridgehead atoms. The van der Waals surface area contributed by atoms with Crippen LogP contribution in [0.2, 0.25) is 0 Å². The van der Waals surface area contributed by atoms with Gasteiger partial charge in [-0.15, -0.1) is 0 Å². The molecule has 2 fully saturated rings. The van der Waals surface area contributed by atoms with Crippen molar-refractivity contribution in [3.63, 3.8) is 0 Å². The minimum Gasteiger partial charge on any atom is -0.491 e. The van der Waals surface area contributed by atoms with Crippen LogP contribution in [0.25, 0.3) is 0 Å². The van der Waals surface area contributed by atoms with Crippen LogP contribution in [0.1, 0.15) is 71.0 Å². The van der Waals surface area contributed by atoms with Crippen molar-refractivity contribution in [1.29, 1.82) is 0 Å². The summed E-state index contributed by atoms with van der Waals surface area (Å²) in [5.41, 5.74) is 8.06. The monoisotopic (exact) mass is 804 g/mol. The molecular weight excluding hydrogens is 761 g/mol. The van der Waals surface area contributed by atoms with E-state index in [1.807, 2.05) is 95.9 Å². The molecule has 0 radical (unpaired) electrons. The number of nitrogens with zero attached hydrogens (tertiary/aromatic N) is 2. The van der Waals surface area contributed by atoms with Crippen LogP contribution in [0.15, 0.2) is 133 Å². The second-order valence-corrected chi connectivity index (χ2v) is 15.0. The molecule has 12 heteroatoms. The molecule has 3 aliphatic rings. The van der Waals surface area contributed by atoms with Crippen molar-refractivity contribution in [2.24, 2.45) is 11.7 Å². The van der Waals surface area contributed by atoms with Crippen molar-refractivity contribution in [2.75, 3.05) is 24.7 Å². The topological polar surface area (TPSA) is 172 Å². The molecule has 304 valence electrons. The van der Waals surface area contributed by atoms with Gasteiger partial charge in [-0.05, 0) is 65.1 Å². The van der Waals surface area contributed by atoms with Gasteiger partial charge in [-0.2, -0.15) is 0 Å². The number of imide groups is 1. The lowest BCUT2D eigenvalue weighted by Crippen LogP contribution is -2.55. The average Bonchev–Trinajstić information content (AvgIpc) is 3.73. The highest BCUT2D eigenvalue weighted by Gasteiger charge is 2.75. The Morgan fingerprint density at radius 2 is 1.50 bits per heavy atom. The van der Waals surface area contributed by atoms with Gasteiger partial charge in [0.25, 0.3) is 0 Å². The Kier molecular flexibility index (Phi) is 11.2. The van der Waals surface area contributed by atoms with E-state index in [-0.39, 0.29) is 37.5 Å². The molecule has 2 saturated heterocycles. The number of urea groups is 1. The summed E-state index contributed by atoms with van der Waals surface area (Å²) in [6.07, 6.45) is -0.725. The van der Waals surface area contributed by atoms with E-state index in [2.05, 4.69) is 17.2 Å². The van der Waals surface area contributed by atoms with Gasteiger partial charge in [-0.1, -0.05) is 115 Å². The van der Waals surface area contributed by atoms with E-state index in [1.54, 1.807) is 49.4 Å². The van der Waals surface area contributed by atoms with Gasteiger partial charge in [-0.25, -0.2) is 9.69 Å². The quantitative estimate of drug-likeness (QED) is 0.106. The fraction of sp³-hybridized carbons (Fsp3) is 0.250. The summed E-state index contributed by atoms with van der Waals surface area (Å²) in [6, 6.07) is 35.3. The standard InChI is InChI=1S/C48H44N4O8/c1-30(32-15-5-2-6-16-32)50-47(58)51-38-24-23-31(14-11-12-25-53)28-37(38)48(46(51)57)39(44(49)55)41-45(56)60-42(34-19-9-4-10-20-34)40(33-17-7-3-8-18-33)52(41)43(48)35-21-13-22-36(29-35)59-27-26-54/h2-10,13,15-24,28-30,39-43,53-54H,12,25-27H2,1H3,(H2,49,55)(H,50,58). The third-order valence-electron chi connectivity index (χ3n) is 11.6. The molecule has 0 aromatic heterocycles. The van der Waals surface area contributed by atoms with Crippen LogP contribution in [0, 0.1) is 17.8 Å². The Bertz CT molecular complexity index is 2470. The number of ether oxygens (including phenoxy) is 2. The second-order valence-electron chi connectivity index (χ2n) is 15.0. The van der Waals surface area contributed by atoms with Crippen LogP contribution < -0.4 is 20.7 Å². The van der Waals surface area contributed by atoms with E-state index in [4.69, 9.17) is 15.2 Å². The van der Waals surface area contributed by atoms with E-state index in [0.717, 1.165) is 16.0 Å². The Morgan fingerprint density at radius 3 is 2.17 bits per heavy atom. The van der Waals surface area contributed by atoms with Crippen LogP contribution in [-0.2, 0) is 24.5 Å². The Labute approximate surface area is 347 Å². The number of carbonyl (C=O) groups is 4. The largest absolute Gasteiger partial charge is 0.491 e. The number of morpholine rings is 1. The van der Waals surface area contributed by atoms with Gasteiger partial charge in [0.15, 0.2) is 0 Å². The van der Waals surface area contributed by atoms with Crippen LogP contribution in [0.5, 0.6) is 5.75 Å². The number of rotatable bonds is 10. The van der Waals surface area contributed by atoms with Crippen LogP contribution in [0.3, 0.4) is 0 Å². The first-order valence-electron chi connectivity index (χ1n) is 19.9. The SMILES string of the molecule is CC(NC(=O)N1C(=O)C2(c3cc(C#CCCO)ccc31)C(C(N)=O)C1C(=O)OC(c3ccccc3)C(c3ccccc3)N1C2c1cccc(OCCO)c1)c1ccccc1. The minimum atomic E-state index is -2.03. The van der Waals surface area contributed by atoms with Gasteiger partial charge in [0, 0.05) is 12.0 Å². The molecule has 7 atom stereocenters. The summed E-state index contributed by atoms with van der Waals surface area (Å²) < 4.78 is 12.3. The summed E-state index contributed by atoms with van der Waals surface area (Å²) in [5, 5.41) is 22.2. The number of amides is 4. The van der Waals surface area contributed by atoms with Gasteiger partial charge in [0.1, 0.15) is 29.9 Å². The molecule has 7 unspecified atom stereocenters. The Morgan fingerprint density at radius 1 is 0.833 bits per heavy atom. The zero-order valence-electron chi connectivity index (χ0n) is 32.8. The first-order valence-corrected chi connectivity index (χ1v) is 19.9. The third-order valence-corrected chi connectivity index (χ3v) is 11.6. The molecular formula is C48H44N4O8. The maximum atomic E-state index is 16.1. The average molecular weight is 805 g/mol. The molecule has 3 aliphatic heterocycles. The number of nitrogens with one attached hydrogen (secondary N) is 1. The highest BCUT2D eigenvalue weighted by Crippen LogP contribution is 2.66. The summed E-state index contributed by atoms with van der Waals surface area (Å²) in [7, 11) is 0. The molecule has 5 aromatic carbocycles. The second kappa shape index (κ2) is 16.8. The fourth-order valence-electron chi connectivity index (χ4n) is 9.25. The summed E-state index contributed by atoms with van der Waals surface area (Å²) in [4.78, 5) is 63.0. The maximum absolute atomic E-state index is 16.1. The van der Waals surface area contributed by atoms with Gasteiger partial charge in [-0.3, -0.25) is 19.3 Å².